The molecule has 3 N–H and O–H groups in total. The predicted octanol–water partition coefficient (Wildman–Crippen LogP) is 3.32. The van der Waals surface area contributed by atoms with Gasteiger partial charge in [0, 0.05) is 13.1 Å². The van der Waals surface area contributed by atoms with Gasteiger partial charge in [-0.3, -0.25) is 9.59 Å². The van der Waals surface area contributed by atoms with Gasteiger partial charge in [0.2, 0.25) is 11.8 Å². The van der Waals surface area contributed by atoms with Gasteiger partial charge >= 0.3 is 12.1 Å². The van der Waals surface area contributed by atoms with Crippen LogP contribution in [0.3, 0.4) is 0 Å². The molecule has 0 saturated carbocycles. The Balaban J connectivity index is 2.28. The molecule has 36 heavy (non-hydrogen) atoms. The minimum absolute atomic E-state index is 0.273. The second kappa shape index (κ2) is 11.8. The van der Waals surface area contributed by atoms with Gasteiger partial charge in [-0.15, -0.1) is 0 Å². The highest BCUT2D eigenvalue weighted by Gasteiger charge is 2.45. The summed E-state index contributed by atoms with van der Waals surface area (Å²) in [4.78, 5) is 52.7. The molecule has 0 bridgehead atoms. The second-order valence-corrected chi connectivity index (χ2v) is 11.2. The largest absolute Gasteiger partial charge is 0.480 e. The van der Waals surface area contributed by atoms with Gasteiger partial charge in [-0.25, -0.2) is 9.59 Å². The molecular formula is C27H41N3O6. The molecule has 200 valence electrons. The summed E-state index contributed by atoms with van der Waals surface area (Å²) in [6.45, 7) is 13.1. The average Bonchev–Trinajstić information content (AvgIpc) is 2.79. The van der Waals surface area contributed by atoms with Crippen molar-refractivity contribution in [1.82, 2.24) is 15.5 Å². The number of likely N-dealkylation sites (tertiary alicyclic amines) is 1. The molecule has 1 heterocycles. The molecule has 9 heteroatoms. The van der Waals surface area contributed by atoms with Gasteiger partial charge in [0.1, 0.15) is 17.7 Å². The number of aliphatic carboxylic acids is 1. The van der Waals surface area contributed by atoms with Crippen LogP contribution in [0.1, 0.15) is 66.9 Å². The van der Waals surface area contributed by atoms with E-state index in [2.05, 4.69) is 10.6 Å². The first kappa shape index (κ1) is 29.1. The summed E-state index contributed by atoms with van der Waals surface area (Å²) in [5.41, 5.74) is -0.763. The Morgan fingerprint density at radius 2 is 1.44 bits per heavy atom. The molecule has 1 aliphatic heterocycles. The van der Waals surface area contributed by atoms with E-state index < -0.39 is 41.1 Å². The number of nitrogens with zero attached hydrogens (tertiary/aromatic N) is 1. The average molecular weight is 504 g/mol. The molecule has 0 unspecified atom stereocenters. The second-order valence-electron chi connectivity index (χ2n) is 11.2. The molecular weight excluding hydrogens is 462 g/mol. The van der Waals surface area contributed by atoms with Crippen molar-refractivity contribution in [1.29, 1.82) is 0 Å². The maximum absolute atomic E-state index is 13.9. The van der Waals surface area contributed by atoms with E-state index in [-0.39, 0.29) is 17.7 Å². The van der Waals surface area contributed by atoms with Crippen LogP contribution < -0.4 is 10.6 Å². The van der Waals surface area contributed by atoms with Crippen LogP contribution in [0.15, 0.2) is 30.3 Å². The summed E-state index contributed by atoms with van der Waals surface area (Å²) in [5.74, 6) is -2.56. The molecule has 0 spiro atoms. The molecule has 1 fully saturated rings. The first-order valence-corrected chi connectivity index (χ1v) is 12.6. The quantitative estimate of drug-likeness (QED) is 0.500. The van der Waals surface area contributed by atoms with E-state index >= 15 is 0 Å². The number of rotatable bonds is 8. The van der Waals surface area contributed by atoms with E-state index in [0.717, 1.165) is 5.56 Å². The van der Waals surface area contributed by atoms with Crippen LogP contribution in [0.5, 0.6) is 0 Å². The first-order chi connectivity index (χ1) is 16.7. The number of benzene rings is 1. The standard InChI is InChI=1S/C27H41N3O6/c1-17(2)20(22(31)28-21(18(3)4)23(32)33)29-24(34)27(19-11-9-8-10-12-19)13-15-30(16-14-27)25(35)36-26(5,6)7/h8-12,17-18,20-21H,13-16H2,1-7H3,(H,28,31)(H,29,34)(H,32,33)/t20-,21-/m0/s1. The first-order valence-electron chi connectivity index (χ1n) is 12.6. The van der Waals surface area contributed by atoms with Crippen LogP contribution in [0, 0.1) is 11.8 Å². The summed E-state index contributed by atoms with van der Waals surface area (Å²) in [6, 6.07) is 7.37. The Hall–Kier alpha value is -3.10. The van der Waals surface area contributed by atoms with Crippen molar-refractivity contribution in [3.63, 3.8) is 0 Å². The Morgan fingerprint density at radius 1 is 0.917 bits per heavy atom. The highest BCUT2D eigenvalue weighted by atomic mass is 16.6. The van der Waals surface area contributed by atoms with Gasteiger partial charge in [-0.2, -0.15) is 0 Å². The van der Waals surface area contributed by atoms with E-state index in [1.807, 2.05) is 51.1 Å². The van der Waals surface area contributed by atoms with E-state index in [9.17, 15) is 24.3 Å². The molecule has 3 amide bonds. The molecule has 2 atom stereocenters. The number of hydrogen-bond acceptors (Lipinski definition) is 5. The molecule has 1 saturated heterocycles. The molecule has 1 aromatic carbocycles. The number of ether oxygens (including phenoxy) is 1. The van der Waals surface area contributed by atoms with E-state index in [0.29, 0.717) is 25.9 Å². The maximum atomic E-state index is 13.9. The molecule has 0 aromatic heterocycles. The Bertz CT molecular complexity index is 931. The summed E-state index contributed by atoms with van der Waals surface area (Å²) in [5, 5.41) is 15.0. The van der Waals surface area contributed by atoms with Crippen molar-refractivity contribution in [2.75, 3.05) is 13.1 Å². The minimum Gasteiger partial charge on any atom is -0.480 e. The molecule has 9 nitrogen and oxygen atoms in total. The fraction of sp³-hybridized carbons (Fsp3) is 0.630. The summed E-state index contributed by atoms with van der Waals surface area (Å²) >= 11 is 0. The number of carbonyl (C=O) groups is 4. The van der Waals surface area contributed by atoms with Crippen LogP contribution >= 0.6 is 0 Å². The Morgan fingerprint density at radius 3 is 1.89 bits per heavy atom. The minimum atomic E-state index is -1.12. The number of carboxylic acid groups (broad SMARTS) is 1. The van der Waals surface area contributed by atoms with Crippen LogP contribution in [0.2, 0.25) is 0 Å². The van der Waals surface area contributed by atoms with Gasteiger partial charge < -0.3 is 25.4 Å². The van der Waals surface area contributed by atoms with Crippen molar-refractivity contribution in [2.24, 2.45) is 11.8 Å². The highest BCUT2D eigenvalue weighted by molar-refractivity contribution is 5.94. The lowest BCUT2D eigenvalue weighted by Gasteiger charge is -2.42. The number of piperidine rings is 1. The van der Waals surface area contributed by atoms with E-state index in [4.69, 9.17) is 4.74 Å². The van der Waals surface area contributed by atoms with Crippen LogP contribution in [0.25, 0.3) is 0 Å². The van der Waals surface area contributed by atoms with Crippen LogP contribution in [-0.4, -0.2) is 64.7 Å². The third-order valence-electron chi connectivity index (χ3n) is 6.50. The van der Waals surface area contributed by atoms with Gasteiger partial charge in [-0.05, 0) is 51.0 Å². The smallest absolute Gasteiger partial charge is 0.410 e. The number of carbonyl (C=O) groups excluding carboxylic acids is 3. The summed E-state index contributed by atoms with van der Waals surface area (Å²) in [6.07, 6.45) is 0.300. The molecule has 0 aliphatic carbocycles. The Kier molecular flexibility index (Phi) is 9.51. The number of carboxylic acids is 1. The zero-order valence-electron chi connectivity index (χ0n) is 22.5. The van der Waals surface area contributed by atoms with Gasteiger partial charge in [-0.1, -0.05) is 58.0 Å². The summed E-state index contributed by atoms with van der Waals surface area (Å²) in [7, 11) is 0. The number of amides is 3. The lowest BCUT2D eigenvalue weighted by molar-refractivity contribution is -0.144. The zero-order chi connectivity index (χ0) is 27.3. The van der Waals surface area contributed by atoms with Crippen molar-refractivity contribution in [2.45, 2.75) is 84.4 Å². The van der Waals surface area contributed by atoms with Crippen molar-refractivity contribution in [3.8, 4) is 0 Å². The lowest BCUT2D eigenvalue weighted by atomic mass is 9.71. The van der Waals surface area contributed by atoms with Gasteiger partial charge in [0.25, 0.3) is 0 Å². The molecule has 2 rings (SSSR count). The Labute approximate surface area is 214 Å². The fourth-order valence-corrected chi connectivity index (χ4v) is 4.37. The van der Waals surface area contributed by atoms with Crippen molar-refractivity contribution < 1.29 is 29.0 Å². The third-order valence-corrected chi connectivity index (χ3v) is 6.50. The van der Waals surface area contributed by atoms with Crippen LogP contribution in [0.4, 0.5) is 4.79 Å². The predicted molar refractivity (Wildman–Crippen MR) is 136 cm³/mol. The SMILES string of the molecule is CC(C)[C@H](NC(=O)[C@@H](NC(=O)C1(c2ccccc2)CCN(C(=O)OC(C)(C)C)CC1)C(C)C)C(=O)O. The normalized spacial score (nSPS) is 17.3. The monoisotopic (exact) mass is 503 g/mol. The number of nitrogens with one attached hydrogen (secondary N) is 2. The molecule has 1 aliphatic rings. The topological polar surface area (TPSA) is 125 Å². The highest BCUT2D eigenvalue weighted by Crippen LogP contribution is 2.36. The lowest BCUT2D eigenvalue weighted by Crippen LogP contribution is -2.60. The van der Waals surface area contributed by atoms with E-state index in [1.165, 1.54) is 0 Å². The number of hydrogen-bond donors (Lipinski definition) is 3. The third kappa shape index (κ3) is 7.21. The maximum Gasteiger partial charge on any atom is 0.410 e. The zero-order valence-corrected chi connectivity index (χ0v) is 22.5. The van der Waals surface area contributed by atoms with Crippen molar-refractivity contribution in [3.05, 3.63) is 35.9 Å². The molecule has 0 radical (unpaired) electrons. The molecule has 1 aromatic rings. The van der Waals surface area contributed by atoms with Crippen LogP contribution in [-0.2, 0) is 24.5 Å². The summed E-state index contributed by atoms with van der Waals surface area (Å²) < 4.78 is 5.50. The van der Waals surface area contributed by atoms with E-state index in [1.54, 1.807) is 32.6 Å². The fourth-order valence-electron chi connectivity index (χ4n) is 4.37. The van der Waals surface area contributed by atoms with Gasteiger partial charge in [0.15, 0.2) is 0 Å². The van der Waals surface area contributed by atoms with Crippen molar-refractivity contribution >= 4 is 23.9 Å². The van der Waals surface area contributed by atoms with Gasteiger partial charge in [0.05, 0.1) is 5.41 Å².